The Hall–Kier alpha value is -2.76. The molecule has 32 heavy (non-hydrogen) atoms. The summed E-state index contributed by atoms with van der Waals surface area (Å²) in [5.41, 5.74) is 3.12. The van der Waals surface area contributed by atoms with Gasteiger partial charge in [-0.05, 0) is 61.8 Å². The van der Waals surface area contributed by atoms with Crippen molar-refractivity contribution in [2.45, 2.75) is 36.4 Å². The fraction of sp³-hybridized carbons (Fsp3) is 0.346. The zero-order chi connectivity index (χ0) is 22.0. The predicted octanol–water partition coefficient (Wildman–Crippen LogP) is 3.69. The van der Waals surface area contributed by atoms with Crippen molar-refractivity contribution < 1.29 is 14.6 Å². The van der Waals surface area contributed by atoms with Crippen LogP contribution in [0.1, 0.15) is 23.1 Å². The minimum absolute atomic E-state index is 0.172. The monoisotopic (exact) mass is 448 g/mol. The highest BCUT2D eigenvalue weighted by Gasteiger charge is 2.64. The third kappa shape index (κ3) is 2.77. The lowest BCUT2D eigenvalue weighted by Gasteiger charge is -2.57. The summed E-state index contributed by atoms with van der Waals surface area (Å²) in [5.74, 6) is 0.935. The van der Waals surface area contributed by atoms with Gasteiger partial charge in [-0.15, -0.1) is 0 Å². The standard InChI is InChI=1S/C26H25ClN2O3/c1-29-13-12-26-18-8-9-19(28-22(31)11-4-15-2-6-17(27)7-3-15)25(26)32-24-21(30)10-5-16(23(24)26)14-20(18)29/h2-11,18-20,25,30H,12-14H2,1H3,(H,28,31)/b11-4+/t18-,19+,20+,25-,26-/m0/s1. The molecule has 2 bridgehead atoms. The summed E-state index contributed by atoms with van der Waals surface area (Å²) >= 11 is 5.94. The third-order valence-corrected chi connectivity index (χ3v) is 8.03. The third-order valence-electron chi connectivity index (χ3n) is 7.78. The van der Waals surface area contributed by atoms with Gasteiger partial charge in [0, 0.05) is 34.0 Å². The van der Waals surface area contributed by atoms with Crippen LogP contribution in [0.25, 0.3) is 6.08 Å². The average molecular weight is 449 g/mol. The van der Waals surface area contributed by atoms with Crippen LogP contribution in [0.2, 0.25) is 5.02 Å². The zero-order valence-corrected chi connectivity index (χ0v) is 18.5. The molecule has 6 rings (SSSR count). The quantitative estimate of drug-likeness (QED) is 0.555. The number of nitrogens with zero attached hydrogens (tertiary/aromatic N) is 1. The van der Waals surface area contributed by atoms with E-state index in [1.165, 1.54) is 5.56 Å². The molecule has 0 saturated carbocycles. The molecule has 164 valence electrons. The maximum atomic E-state index is 12.8. The van der Waals surface area contributed by atoms with Crippen LogP contribution in [0, 0.1) is 5.92 Å². The second-order valence-electron chi connectivity index (χ2n) is 9.36. The number of likely N-dealkylation sites (N-methyl/N-ethyl adjacent to an activating group) is 1. The molecule has 1 saturated heterocycles. The van der Waals surface area contributed by atoms with E-state index in [1.807, 2.05) is 18.2 Å². The van der Waals surface area contributed by atoms with Crippen LogP contribution >= 0.6 is 11.6 Å². The number of carbonyl (C=O) groups is 1. The van der Waals surface area contributed by atoms with E-state index in [-0.39, 0.29) is 29.2 Å². The summed E-state index contributed by atoms with van der Waals surface area (Å²) in [4.78, 5) is 15.2. The molecule has 2 aromatic rings. The number of phenolic OH excluding ortho intramolecular Hbond substituents is 1. The van der Waals surface area contributed by atoms with Gasteiger partial charge in [0.2, 0.25) is 5.91 Å². The van der Waals surface area contributed by atoms with Gasteiger partial charge in [-0.1, -0.05) is 42.0 Å². The molecule has 1 spiro atoms. The largest absolute Gasteiger partial charge is 0.504 e. The summed E-state index contributed by atoms with van der Waals surface area (Å²) in [6, 6.07) is 11.3. The summed E-state index contributed by atoms with van der Waals surface area (Å²) in [5, 5.41) is 14.4. The van der Waals surface area contributed by atoms with Gasteiger partial charge >= 0.3 is 0 Å². The Morgan fingerprint density at radius 1 is 1.25 bits per heavy atom. The van der Waals surface area contributed by atoms with Crippen molar-refractivity contribution in [3.63, 3.8) is 0 Å². The van der Waals surface area contributed by atoms with E-state index >= 15 is 0 Å². The fourth-order valence-corrected chi connectivity index (χ4v) is 6.47. The van der Waals surface area contributed by atoms with E-state index in [9.17, 15) is 9.90 Å². The first-order valence-electron chi connectivity index (χ1n) is 11.1. The highest BCUT2D eigenvalue weighted by Crippen LogP contribution is 2.62. The number of carbonyl (C=O) groups excluding carboxylic acids is 1. The van der Waals surface area contributed by atoms with E-state index in [0.717, 1.165) is 30.5 Å². The van der Waals surface area contributed by atoms with Crippen molar-refractivity contribution in [1.29, 1.82) is 0 Å². The Morgan fingerprint density at radius 2 is 2.06 bits per heavy atom. The highest BCUT2D eigenvalue weighted by molar-refractivity contribution is 6.30. The normalized spacial score (nSPS) is 31.9. The second-order valence-corrected chi connectivity index (χ2v) is 9.80. The molecule has 2 N–H and O–H groups in total. The number of rotatable bonds is 3. The van der Waals surface area contributed by atoms with E-state index in [2.05, 4.69) is 29.4 Å². The van der Waals surface area contributed by atoms with E-state index < -0.39 is 0 Å². The molecule has 2 aromatic carbocycles. The topological polar surface area (TPSA) is 61.8 Å². The molecule has 0 unspecified atom stereocenters. The highest BCUT2D eigenvalue weighted by atomic mass is 35.5. The number of benzene rings is 2. The van der Waals surface area contributed by atoms with Crippen molar-refractivity contribution >= 4 is 23.6 Å². The minimum Gasteiger partial charge on any atom is -0.504 e. The molecular formula is C26H25ClN2O3. The van der Waals surface area contributed by atoms with Gasteiger partial charge in [0.1, 0.15) is 6.10 Å². The van der Waals surface area contributed by atoms with Gasteiger partial charge in [0.15, 0.2) is 11.5 Å². The predicted molar refractivity (Wildman–Crippen MR) is 124 cm³/mol. The first-order valence-corrected chi connectivity index (χ1v) is 11.5. The first-order chi connectivity index (χ1) is 15.5. The number of amides is 1. The molecule has 1 fully saturated rings. The van der Waals surface area contributed by atoms with Crippen molar-refractivity contribution in [2.24, 2.45) is 5.92 Å². The molecule has 0 radical (unpaired) electrons. The van der Waals surface area contributed by atoms with Crippen LogP contribution in [0.5, 0.6) is 11.5 Å². The van der Waals surface area contributed by atoms with Crippen LogP contribution < -0.4 is 10.1 Å². The lowest BCUT2D eigenvalue weighted by atomic mass is 9.53. The number of likely N-dealkylation sites (tertiary alicyclic amines) is 1. The molecule has 5 atom stereocenters. The maximum Gasteiger partial charge on any atom is 0.244 e. The molecule has 2 aliphatic heterocycles. The molecule has 5 nitrogen and oxygen atoms in total. The summed E-state index contributed by atoms with van der Waals surface area (Å²) < 4.78 is 6.46. The zero-order valence-electron chi connectivity index (χ0n) is 17.8. The Kier molecular flexibility index (Phi) is 4.43. The van der Waals surface area contributed by atoms with Crippen LogP contribution in [0.4, 0.5) is 0 Å². The van der Waals surface area contributed by atoms with Crippen LogP contribution in [0.3, 0.4) is 0 Å². The SMILES string of the molecule is CN1CC[C@]23c4c5ccc(O)c4O[C@H]2[C@H](NC(=O)/C=C/c2ccc(Cl)cc2)C=C[C@H]3[C@H]1C5. The van der Waals surface area contributed by atoms with E-state index in [0.29, 0.717) is 22.7 Å². The van der Waals surface area contributed by atoms with Crippen LogP contribution in [-0.4, -0.2) is 47.7 Å². The number of piperidine rings is 1. The van der Waals surface area contributed by atoms with E-state index in [1.54, 1.807) is 30.4 Å². The first kappa shape index (κ1) is 19.9. The summed E-state index contributed by atoms with van der Waals surface area (Å²) in [6.07, 6.45) is 9.34. The molecular weight excluding hydrogens is 424 g/mol. The van der Waals surface area contributed by atoms with Crippen LogP contribution in [0.15, 0.2) is 54.6 Å². The van der Waals surface area contributed by atoms with Gasteiger partial charge in [-0.2, -0.15) is 0 Å². The Bertz CT molecular complexity index is 1160. The fourth-order valence-electron chi connectivity index (χ4n) is 6.35. The molecule has 6 heteroatoms. The number of hydrogen-bond acceptors (Lipinski definition) is 4. The summed E-state index contributed by atoms with van der Waals surface area (Å²) in [7, 11) is 2.19. The molecule has 4 aliphatic rings. The van der Waals surface area contributed by atoms with Crippen LogP contribution in [-0.2, 0) is 16.6 Å². The van der Waals surface area contributed by atoms with Gasteiger partial charge in [0.25, 0.3) is 0 Å². The van der Waals surface area contributed by atoms with Crippen molar-refractivity contribution in [3.8, 4) is 11.5 Å². The average Bonchev–Trinajstić information content (AvgIpc) is 3.14. The lowest BCUT2D eigenvalue weighted by Crippen LogP contribution is -2.66. The number of phenols is 1. The van der Waals surface area contributed by atoms with Gasteiger partial charge < -0.3 is 20.1 Å². The number of halogens is 1. The Balaban J connectivity index is 1.33. The lowest BCUT2D eigenvalue weighted by molar-refractivity contribution is -0.118. The van der Waals surface area contributed by atoms with E-state index in [4.69, 9.17) is 16.3 Å². The number of ether oxygens (including phenoxy) is 1. The van der Waals surface area contributed by atoms with Crippen molar-refractivity contribution in [2.75, 3.05) is 13.6 Å². The van der Waals surface area contributed by atoms with Gasteiger partial charge in [-0.3, -0.25) is 4.79 Å². The number of nitrogens with one attached hydrogen (secondary N) is 1. The van der Waals surface area contributed by atoms with Gasteiger partial charge in [0.05, 0.1) is 6.04 Å². The van der Waals surface area contributed by atoms with Gasteiger partial charge in [-0.25, -0.2) is 0 Å². The van der Waals surface area contributed by atoms with Crippen molar-refractivity contribution in [1.82, 2.24) is 10.2 Å². The number of hydrogen-bond donors (Lipinski definition) is 2. The Morgan fingerprint density at radius 3 is 2.88 bits per heavy atom. The minimum atomic E-state index is -0.268. The maximum absolute atomic E-state index is 12.8. The van der Waals surface area contributed by atoms with Crippen molar-refractivity contribution in [3.05, 3.63) is 76.3 Å². The summed E-state index contributed by atoms with van der Waals surface area (Å²) in [6.45, 7) is 0.973. The molecule has 2 heterocycles. The molecule has 0 aromatic heterocycles. The second kappa shape index (κ2) is 7.12. The molecule has 1 amide bonds. The molecule has 2 aliphatic carbocycles. The Labute approximate surface area is 192 Å². The number of aromatic hydroxyl groups is 1. The smallest absolute Gasteiger partial charge is 0.244 e.